The Kier molecular flexibility index (Phi) is 4.54. The van der Waals surface area contributed by atoms with Crippen LogP contribution in [0.15, 0.2) is 61.4 Å². The highest BCUT2D eigenvalue weighted by Crippen LogP contribution is 2.31. The molecule has 3 rings (SSSR count). The second kappa shape index (κ2) is 6.67. The van der Waals surface area contributed by atoms with Crippen molar-refractivity contribution in [3.05, 3.63) is 83.9 Å². The van der Waals surface area contributed by atoms with Crippen LogP contribution < -0.4 is 4.74 Å². The molecule has 134 valence electrons. The molecule has 0 saturated carbocycles. The first-order valence-corrected chi connectivity index (χ1v) is 7.60. The highest BCUT2D eigenvalue weighted by molar-refractivity contribution is 5.59. The van der Waals surface area contributed by atoms with Gasteiger partial charge in [-0.15, -0.1) is 0 Å². The maximum atomic E-state index is 14.0. The first kappa shape index (κ1) is 17.7. The largest absolute Gasteiger partial charge is 0.457 e. The standard InChI is InChI=1S/C19H14F4N2O/c1-12-5-3-4-6-18(12)26-13(2)14-10-24-25(11-14)17-9-15(19(21,22)23)7-8-16(17)20/h3-11H,2H2,1H3. The summed E-state index contributed by atoms with van der Waals surface area (Å²) in [4.78, 5) is 0. The molecule has 26 heavy (non-hydrogen) atoms. The van der Waals surface area contributed by atoms with Crippen LogP contribution in [0.25, 0.3) is 11.4 Å². The molecule has 3 aromatic rings. The first-order chi connectivity index (χ1) is 12.3. The lowest BCUT2D eigenvalue weighted by Gasteiger charge is -2.10. The summed E-state index contributed by atoms with van der Waals surface area (Å²) in [6, 6.07) is 9.44. The van der Waals surface area contributed by atoms with E-state index in [-0.39, 0.29) is 11.4 Å². The van der Waals surface area contributed by atoms with Crippen LogP contribution in [0, 0.1) is 12.7 Å². The van der Waals surface area contributed by atoms with Gasteiger partial charge in [-0.2, -0.15) is 18.3 Å². The monoisotopic (exact) mass is 362 g/mol. The van der Waals surface area contributed by atoms with Gasteiger partial charge < -0.3 is 4.74 Å². The molecular formula is C19H14F4N2O. The van der Waals surface area contributed by atoms with Crippen LogP contribution in [0.3, 0.4) is 0 Å². The molecule has 1 aromatic heterocycles. The van der Waals surface area contributed by atoms with E-state index in [9.17, 15) is 17.6 Å². The zero-order chi connectivity index (χ0) is 18.9. The summed E-state index contributed by atoms with van der Waals surface area (Å²) in [6.07, 6.45) is -1.87. The maximum absolute atomic E-state index is 14.0. The number of benzene rings is 2. The Bertz CT molecular complexity index is 960. The van der Waals surface area contributed by atoms with Crippen molar-refractivity contribution in [1.29, 1.82) is 0 Å². The minimum Gasteiger partial charge on any atom is -0.457 e. The van der Waals surface area contributed by atoms with Crippen LogP contribution in [0.4, 0.5) is 17.6 Å². The van der Waals surface area contributed by atoms with Gasteiger partial charge in [0.25, 0.3) is 0 Å². The Morgan fingerprint density at radius 2 is 1.88 bits per heavy atom. The lowest BCUT2D eigenvalue weighted by Crippen LogP contribution is -2.07. The van der Waals surface area contributed by atoms with Crippen molar-refractivity contribution in [3.63, 3.8) is 0 Å². The normalized spacial score (nSPS) is 11.4. The Morgan fingerprint density at radius 1 is 1.15 bits per heavy atom. The fourth-order valence-electron chi connectivity index (χ4n) is 2.33. The lowest BCUT2D eigenvalue weighted by molar-refractivity contribution is -0.137. The van der Waals surface area contributed by atoms with Crippen LogP contribution in [-0.2, 0) is 6.18 Å². The van der Waals surface area contributed by atoms with Gasteiger partial charge in [0.1, 0.15) is 23.0 Å². The average molecular weight is 362 g/mol. The average Bonchev–Trinajstić information content (AvgIpc) is 3.06. The number of ether oxygens (including phenoxy) is 1. The highest BCUT2D eigenvalue weighted by Gasteiger charge is 2.31. The van der Waals surface area contributed by atoms with Crippen LogP contribution in [0.5, 0.6) is 5.75 Å². The van der Waals surface area contributed by atoms with Gasteiger partial charge >= 0.3 is 6.18 Å². The smallest absolute Gasteiger partial charge is 0.416 e. The van der Waals surface area contributed by atoms with Gasteiger partial charge in [-0.1, -0.05) is 24.8 Å². The van der Waals surface area contributed by atoms with Crippen molar-refractivity contribution >= 4 is 5.76 Å². The van der Waals surface area contributed by atoms with Crippen molar-refractivity contribution < 1.29 is 22.3 Å². The fraction of sp³-hybridized carbons (Fsp3) is 0.105. The number of aromatic nitrogens is 2. The first-order valence-electron chi connectivity index (χ1n) is 7.60. The third kappa shape index (κ3) is 3.61. The Morgan fingerprint density at radius 3 is 2.58 bits per heavy atom. The van der Waals surface area contributed by atoms with Gasteiger partial charge in [0.15, 0.2) is 0 Å². The quantitative estimate of drug-likeness (QED) is 0.460. The molecule has 0 bridgehead atoms. The molecule has 0 spiro atoms. The number of rotatable bonds is 4. The van der Waals surface area contributed by atoms with Crippen LogP contribution in [0.2, 0.25) is 0 Å². The molecule has 3 nitrogen and oxygen atoms in total. The summed E-state index contributed by atoms with van der Waals surface area (Å²) in [5, 5.41) is 3.92. The van der Waals surface area contributed by atoms with Gasteiger partial charge in [-0.3, -0.25) is 0 Å². The third-order valence-corrected chi connectivity index (χ3v) is 3.75. The summed E-state index contributed by atoms with van der Waals surface area (Å²) in [5.41, 5.74) is 0.0470. The van der Waals surface area contributed by atoms with Crippen LogP contribution in [-0.4, -0.2) is 9.78 Å². The second-order valence-corrected chi connectivity index (χ2v) is 5.63. The lowest BCUT2D eigenvalue weighted by atomic mass is 10.2. The van der Waals surface area contributed by atoms with Crippen molar-refractivity contribution in [1.82, 2.24) is 9.78 Å². The van der Waals surface area contributed by atoms with E-state index in [0.717, 1.165) is 16.3 Å². The van der Waals surface area contributed by atoms with Gasteiger partial charge in [0, 0.05) is 6.20 Å². The molecular weight excluding hydrogens is 348 g/mol. The molecule has 0 amide bonds. The minimum absolute atomic E-state index is 0.248. The highest BCUT2D eigenvalue weighted by atomic mass is 19.4. The van der Waals surface area contributed by atoms with E-state index in [1.165, 1.54) is 12.4 Å². The molecule has 0 aliphatic rings. The summed E-state index contributed by atoms with van der Waals surface area (Å²) >= 11 is 0. The van der Waals surface area contributed by atoms with E-state index in [1.54, 1.807) is 12.1 Å². The Labute approximate surface area is 147 Å². The molecule has 2 aromatic carbocycles. The SMILES string of the molecule is C=C(Oc1ccccc1C)c1cnn(-c2cc(C(F)(F)F)ccc2F)c1. The number of hydrogen-bond donors (Lipinski definition) is 0. The minimum atomic E-state index is -4.57. The number of para-hydroxylation sites is 1. The van der Waals surface area contributed by atoms with Gasteiger partial charge in [-0.25, -0.2) is 9.07 Å². The number of halogens is 4. The van der Waals surface area contributed by atoms with Crippen molar-refractivity contribution in [3.8, 4) is 11.4 Å². The molecule has 0 atom stereocenters. The Hall–Kier alpha value is -3.09. The topological polar surface area (TPSA) is 27.1 Å². The molecule has 7 heteroatoms. The van der Waals surface area contributed by atoms with E-state index >= 15 is 0 Å². The third-order valence-electron chi connectivity index (χ3n) is 3.75. The summed E-state index contributed by atoms with van der Waals surface area (Å²) in [5.74, 6) is 0.0199. The molecule has 0 aliphatic heterocycles. The van der Waals surface area contributed by atoms with E-state index in [0.29, 0.717) is 23.4 Å². The predicted octanol–water partition coefficient (Wildman–Crippen LogP) is 5.39. The van der Waals surface area contributed by atoms with E-state index in [1.807, 2.05) is 19.1 Å². The molecule has 0 unspecified atom stereocenters. The van der Waals surface area contributed by atoms with Crippen molar-refractivity contribution in [2.45, 2.75) is 13.1 Å². The van der Waals surface area contributed by atoms with E-state index < -0.39 is 17.6 Å². The predicted molar refractivity (Wildman–Crippen MR) is 89.4 cm³/mol. The molecule has 0 N–H and O–H groups in total. The molecule has 0 radical (unpaired) electrons. The summed E-state index contributed by atoms with van der Waals surface area (Å²) in [6.45, 7) is 5.66. The number of alkyl halides is 3. The number of nitrogens with zero attached hydrogens (tertiary/aromatic N) is 2. The zero-order valence-corrected chi connectivity index (χ0v) is 13.7. The maximum Gasteiger partial charge on any atom is 0.416 e. The molecule has 0 aliphatic carbocycles. The Balaban J connectivity index is 1.88. The molecule has 0 fully saturated rings. The van der Waals surface area contributed by atoms with Crippen molar-refractivity contribution in [2.75, 3.05) is 0 Å². The van der Waals surface area contributed by atoms with Crippen molar-refractivity contribution in [2.24, 2.45) is 0 Å². The number of hydrogen-bond acceptors (Lipinski definition) is 2. The summed E-state index contributed by atoms with van der Waals surface area (Å²) in [7, 11) is 0. The summed E-state index contributed by atoms with van der Waals surface area (Å²) < 4.78 is 59.2. The van der Waals surface area contributed by atoms with Gasteiger partial charge in [-0.05, 0) is 36.8 Å². The number of aryl methyl sites for hydroxylation is 1. The molecule has 0 saturated heterocycles. The molecule has 1 heterocycles. The van der Waals surface area contributed by atoms with Crippen LogP contribution in [0.1, 0.15) is 16.7 Å². The zero-order valence-electron chi connectivity index (χ0n) is 13.7. The van der Waals surface area contributed by atoms with Crippen LogP contribution >= 0.6 is 0 Å². The fourth-order valence-corrected chi connectivity index (χ4v) is 2.33. The van der Waals surface area contributed by atoms with Gasteiger partial charge in [0.05, 0.1) is 17.3 Å². The second-order valence-electron chi connectivity index (χ2n) is 5.63. The van der Waals surface area contributed by atoms with E-state index in [4.69, 9.17) is 4.74 Å². The van der Waals surface area contributed by atoms with E-state index in [2.05, 4.69) is 11.7 Å². The van der Waals surface area contributed by atoms with Gasteiger partial charge in [0.2, 0.25) is 0 Å².